The van der Waals surface area contributed by atoms with Crippen LogP contribution in [-0.2, 0) is 16.1 Å². The van der Waals surface area contributed by atoms with Gasteiger partial charge in [-0.2, -0.15) is 0 Å². The van der Waals surface area contributed by atoms with E-state index in [1.165, 1.54) is 24.0 Å². The highest BCUT2D eigenvalue weighted by atomic mass is 35.5. The summed E-state index contributed by atoms with van der Waals surface area (Å²) < 4.78 is 6.25. The number of piperidine rings is 1. The Morgan fingerprint density at radius 1 is 1.00 bits per heavy atom. The van der Waals surface area contributed by atoms with E-state index in [0.717, 1.165) is 49.4 Å². The molecule has 29 heavy (non-hydrogen) atoms. The molecule has 156 valence electrons. The average Bonchev–Trinajstić information content (AvgIpc) is 2.73. The molecule has 5 heteroatoms. The molecule has 1 saturated heterocycles. The molecular formula is C24H30ClNO3. The highest BCUT2D eigenvalue weighted by molar-refractivity contribution is 6.30. The third kappa shape index (κ3) is 7.14. The minimum absolute atomic E-state index is 0.166. The summed E-state index contributed by atoms with van der Waals surface area (Å²) in [4.78, 5) is 13.0. The fourth-order valence-corrected chi connectivity index (χ4v) is 3.93. The maximum Gasteiger partial charge on any atom is 0.303 e. The lowest BCUT2D eigenvalue weighted by atomic mass is 10.0. The van der Waals surface area contributed by atoms with Gasteiger partial charge >= 0.3 is 5.97 Å². The maximum atomic E-state index is 10.6. The Kier molecular flexibility index (Phi) is 8.53. The van der Waals surface area contributed by atoms with Gasteiger partial charge in [0.15, 0.2) is 0 Å². The van der Waals surface area contributed by atoms with Gasteiger partial charge in [-0.1, -0.05) is 54.4 Å². The van der Waals surface area contributed by atoms with Crippen LogP contribution in [0.25, 0.3) is 11.1 Å². The smallest absolute Gasteiger partial charge is 0.303 e. The monoisotopic (exact) mass is 415 g/mol. The minimum atomic E-state index is -0.703. The van der Waals surface area contributed by atoms with Crippen LogP contribution >= 0.6 is 11.6 Å². The standard InChI is InChI=1S/C24H30ClNO3/c25-22-14-12-21(13-15-22)20-10-8-19(9-11-20)18-29-23-6-3-5-17-26(23)16-4-1-2-7-24(27)28/h8-15,23H,1-7,16-18H2,(H,27,28). The molecule has 1 atom stereocenters. The number of rotatable bonds is 10. The van der Waals surface area contributed by atoms with Crippen molar-refractivity contribution in [3.63, 3.8) is 0 Å². The summed E-state index contributed by atoms with van der Waals surface area (Å²) in [7, 11) is 0. The molecule has 0 amide bonds. The minimum Gasteiger partial charge on any atom is -0.481 e. The van der Waals surface area contributed by atoms with Gasteiger partial charge in [0.05, 0.1) is 6.61 Å². The van der Waals surface area contributed by atoms with Crippen LogP contribution in [0.15, 0.2) is 48.5 Å². The van der Waals surface area contributed by atoms with Crippen LogP contribution in [0, 0.1) is 0 Å². The average molecular weight is 416 g/mol. The Hall–Kier alpha value is -1.88. The number of hydrogen-bond acceptors (Lipinski definition) is 3. The first kappa shape index (κ1) is 21.8. The van der Waals surface area contributed by atoms with Crippen LogP contribution in [0.3, 0.4) is 0 Å². The first-order chi connectivity index (χ1) is 14.1. The molecule has 2 aromatic rings. The van der Waals surface area contributed by atoms with Crippen molar-refractivity contribution in [3.8, 4) is 11.1 Å². The summed E-state index contributed by atoms with van der Waals surface area (Å²) in [6, 6.07) is 16.4. The van der Waals surface area contributed by atoms with Gasteiger partial charge < -0.3 is 9.84 Å². The Morgan fingerprint density at radius 2 is 1.69 bits per heavy atom. The van der Waals surface area contributed by atoms with E-state index in [1.807, 2.05) is 24.3 Å². The summed E-state index contributed by atoms with van der Waals surface area (Å²) in [5.74, 6) is -0.703. The summed E-state index contributed by atoms with van der Waals surface area (Å²) in [5, 5.41) is 9.49. The lowest BCUT2D eigenvalue weighted by Crippen LogP contribution is -2.41. The number of carboxylic acids is 1. The van der Waals surface area contributed by atoms with E-state index >= 15 is 0 Å². The molecular weight excluding hydrogens is 386 g/mol. The maximum absolute atomic E-state index is 10.6. The molecule has 1 fully saturated rings. The molecule has 0 aromatic heterocycles. The van der Waals surface area contributed by atoms with E-state index in [-0.39, 0.29) is 12.6 Å². The lowest BCUT2D eigenvalue weighted by molar-refractivity contribution is -0.137. The summed E-state index contributed by atoms with van der Waals surface area (Å²) >= 11 is 5.97. The summed E-state index contributed by atoms with van der Waals surface area (Å²) in [5.41, 5.74) is 3.50. The first-order valence-electron chi connectivity index (χ1n) is 10.5. The Morgan fingerprint density at radius 3 is 2.38 bits per heavy atom. The van der Waals surface area contributed by atoms with Crippen LogP contribution in [0.4, 0.5) is 0 Å². The lowest BCUT2D eigenvalue weighted by Gasteiger charge is -2.35. The molecule has 0 radical (unpaired) electrons. The van der Waals surface area contributed by atoms with Gasteiger partial charge in [0, 0.05) is 24.5 Å². The van der Waals surface area contributed by atoms with E-state index in [9.17, 15) is 4.79 Å². The van der Waals surface area contributed by atoms with Crippen LogP contribution < -0.4 is 0 Å². The van der Waals surface area contributed by atoms with Gasteiger partial charge in [-0.3, -0.25) is 9.69 Å². The zero-order valence-corrected chi connectivity index (χ0v) is 17.6. The third-order valence-corrected chi connectivity index (χ3v) is 5.72. The van der Waals surface area contributed by atoms with Gasteiger partial charge in [0.1, 0.15) is 6.23 Å². The molecule has 3 rings (SSSR count). The number of halogens is 1. The van der Waals surface area contributed by atoms with Crippen molar-refractivity contribution in [3.05, 3.63) is 59.1 Å². The molecule has 1 N–H and O–H groups in total. The van der Waals surface area contributed by atoms with Crippen molar-refractivity contribution in [1.29, 1.82) is 0 Å². The number of nitrogens with zero attached hydrogens (tertiary/aromatic N) is 1. The number of likely N-dealkylation sites (tertiary alicyclic amines) is 1. The van der Waals surface area contributed by atoms with Gasteiger partial charge in [0.25, 0.3) is 0 Å². The van der Waals surface area contributed by atoms with Gasteiger partial charge in [-0.15, -0.1) is 0 Å². The zero-order valence-electron chi connectivity index (χ0n) is 16.9. The van der Waals surface area contributed by atoms with Gasteiger partial charge in [-0.25, -0.2) is 0 Å². The Balaban J connectivity index is 1.47. The van der Waals surface area contributed by atoms with Crippen molar-refractivity contribution in [1.82, 2.24) is 4.90 Å². The Bertz CT molecular complexity index is 761. The van der Waals surface area contributed by atoms with E-state index in [2.05, 4.69) is 29.2 Å². The van der Waals surface area contributed by atoms with Gasteiger partial charge in [0.2, 0.25) is 0 Å². The second-order valence-corrected chi connectivity index (χ2v) is 8.14. The number of benzene rings is 2. The van der Waals surface area contributed by atoms with Crippen LogP contribution in [-0.4, -0.2) is 35.3 Å². The predicted octanol–water partition coefficient (Wildman–Crippen LogP) is 5.98. The second-order valence-electron chi connectivity index (χ2n) is 7.71. The molecule has 4 nitrogen and oxygen atoms in total. The van der Waals surface area contributed by atoms with E-state index in [4.69, 9.17) is 21.4 Å². The van der Waals surface area contributed by atoms with E-state index in [0.29, 0.717) is 6.61 Å². The van der Waals surface area contributed by atoms with Crippen LogP contribution in [0.2, 0.25) is 5.02 Å². The fourth-order valence-electron chi connectivity index (χ4n) is 3.80. The molecule has 0 bridgehead atoms. The predicted molar refractivity (Wildman–Crippen MR) is 117 cm³/mol. The van der Waals surface area contributed by atoms with Gasteiger partial charge in [-0.05, 0) is 60.9 Å². The summed E-state index contributed by atoms with van der Waals surface area (Å²) in [6.45, 7) is 2.67. The molecule has 1 unspecified atom stereocenters. The van der Waals surface area contributed by atoms with E-state index < -0.39 is 5.97 Å². The molecule has 1 heterocycles. The van der Waals surface area contributed by atoms with Crippen molar-refractivity contribution in [2.75, 3.05) is 13.1 Å². The molecule has 0 aliphatic carbocycles. The molecule has 1 aliphatic heterocycles. The fraction of sp³-hybridized carbons (Fsp3) is 0.458. The van der Waals surface area contributed by atoms with Crippen molar-refractivity contribution < 1.29 is 14.6 Å². The number of carbonyl (C=O) groups is 1. The number of carboxylic acid groups (broad SMARTS) is 1. The number of unbranched alkanes of at least 4 members (excludes halogenated alkanes) is 2. The number of ether oxygens (including phenoxy) is 1. The Labute approximate surface area is 178 Å². The molecule has 1 aliphatic rings. The van der Waals surface area contributed by atoms with Crippen molar-refractivity contribution in [2.45, 2.75) is 57.8 Å². The highest BCUT2D eigenvalue weighted by Gasteiger charge is 2.22. The number of hydrogen-bond donors (Lipinski definition) is 1. The van der Waals surface area contributed by atoms with Crippen LogP contribution in [0.5, 0.6) is 0 Å². The first-order valence-corrected chi connectivity index (χ1v) is 10.9. The van der Waals surface area contributed by atoms with Crippen molar-refractivity contribution >= 4 is 17.6 Å². The molecule has 2 aromatic carbocycles. The topological polar surface area (TPSA) is 49.8 Å². The van der Waals surface area contributed by atoms with Crippen LogP contribution in [0.1, 0.15) is 50.5 Å². The summed E-state index contributed by atoms with van der Waals surface area (Å²) in [6.07, 6.45) is 6.67. The van der Waals surface area contributed by atoms with E-state index in [1.54, 1.807) is 0 Å². The quantitative estimate of drug-likeness (QED) is 0.485. The SMILES string of the molecule is O=C(O)CCCCCN1CCCCC1OCc1ccc(-c2ccc(Cl)cc2)cc1. The molecule has 0 saturated carbocycles. The van der Waals surface area contributed by atoms with Crippen molar-refractivity contribution in [2.24, 2.45) is 0 Å². The molecule has 0 spiro atoms. The third-order valence-electron chi connectivity index (χ3n) is 5.46. The largest absolute Gasteiger partial charge is 0.481 e. The highest BCUT2D eigenvalue weighted by Crippen LogP contribution is 2.24. The second kappa shape index (κ2) is 11.3. The normalized spacial score (nSPS) is 17.3. The number of aliphatic carboxylic acids is 1. The zero-order chi connectivity index (χ0) is 20.5.